The Hall–Kier alpha value is -0.0200. The predicted octanol–water partition coefficient (Wildman–Crippen LogP) is 1.40. The second-order valence-electron chi connectivity index (χ2n) is 0.631. The fraction of sp³-hybridized carbons (Fsp3) is 0. The molecule has 0 bridgehead atoms. The van der Waals surface area contributed by atoms with Crippen LogP contribution in [-0.4, -0.2) is 11.1 Å². The molecule has 0 amide bonds. The maximum Gasteiger partial charge on any atom is 0.328 e. The molecule has 0 rings (SSSR count). The number of carbonyl (C=O) groups is 1. The molecule has 42 valence electrons. The Labute approximate surface area is 55.8 Å². The standard InChI is InChI=1S/C3H3BrO2.ClH/c4-2-1-3(5)6;/h1-2H,(H,5,6);1H. The van der Waals surface area contributed by atoms with Crippen molar-refractivity contribution in [1.82, 2.24) is 0 Å². The second kappa shape index (κ2) is 5.98. The van der Waals surface area contributed by atoms with Crippen LogP contribution >= 0.6 is 28.3 Å². The Morgan fingerprint density at radius 1 is 1.71 bits per heavy atom. The summed E-state index contributed by atoms with van der Waals surface area (Å²) in [7, 11) is 0. The van der Waals surface area contributed by atoms with E-state index in [0.717, 1.165) is 6.08 Å². The van der Waals surface area contributed by atoms with Gasteiger partial charge >= 0.3 is 5.97 Å². The molecule has 0 unspecified atom stereocenters. The molecule has 7 heavy (non-hydrogen) atoms. The van der Waals surface area contributed by atoms with Crippen LogP contribution in [0.4, 0.5) is 0 Å². The minimum atomic E-state index is -0.938. The molecular weight excluding hydrogens is 183 g/mol. The first-order valence-electron chi connectivity index (χ1n) is 1.27. The highest BCUT2D eigenvalue weighted by Crippen LogP contribution is 1.79. The van der Waals surface area contributed by atoms with Crippen LogP contribution in [0.15, 0.2) is 11.1 Å². The monoisotopic (exact) mass is 186 g/mol. The van der Waals surface area contributed by atoms with Crippen molar-refractivity contribution in [2.75, 3.05) is 0 Å². The van der Waals surface area contributed by atoms with Gasteiger partial charge in [-0.05, 0) is 4.99 Å². The predicted molar refractivity (Wildman–Crippen MR) is 33.0 cm³/mol. The summed E-state index contributed by atoms with van der Waals surface area (Å²) >= 11 is 2.79. The summed E-state index contributed by atoms with van der Waals surface area (Å²) in [6.45, 7) is 0. The maximum atomic E-state index is 9.48. The number of hydrogen-bond acceptors (Lipinski definition) is 1. The molecule has 0 aromatic carbocycles. The zero-order valence-electron chi connectivity index (χ0n) is 3.30. The summed E-state index contributed by atoms with van der Waals surface area (Å²) in [5.74, 6) is -0.938. The molecule has 0 aliphatic carbocycles. The Morgan fingerprint density at radius 2 is 2.14 bits per heavy atom. The van der Waals surface area contributed by atoms with Crippen LogP contribution in [0, 0.1) is 0 Å². The molecule has 0 heterocycles. The fourth-order valence-corrected chi connectivity index (χ4v) is 0.280. The van der Waals surface area contributed by atoms with Gasteiger partial charge < -0.3 is 5.11 Å². The molecular formula is C3H4BrClO2. The average Bonchev–Trinajstić information content (AvgIpc) is 1.35. The largest absolute Gasteiger partial charge is 0.478 e. The molecule has 0 atom stereocenters. The molecule has 2 nitrogen and oxygen atoms in total. The lowest BCUT2D eigenvalue weighted by atomic mass is 10.7. The van der Waals surface area contributed by atoms with Gasteiger partial charge in [-0.25, -0.2) is 4.79 Å². The summed E-state index contributed by atoms with van der Waals surface area (Å²) in [6, 6.07) is 0. The van der Waals surface area contributed by atoms with Gasteiger partial charge in [-0.15, -0.1) is 12.4 Å². The van der Waals surface area contributed by atoms with E-state index in [1.165, 1.54) is 4.99 Å². The van der Waals surface area contributed by atoms with Gasteiger partial charge in [-0.3, -0.25) is 0 Å². The van der Waals surface area contributed by atoms with Crippen LogP contribution < -0.4 is 0 Å². The highest BCUT2D eigenvalue weighted by molar-refractivity contribution is 9.11. The van der Waals surface area contributed by atoms with Gasteiger partial charge in [-0.1, -0.05) is 15.9 Å². The van der Waals surface area contributed by atoms with E-state index in [1.54, 1.807) is 0 Å². The van der Waals surface area contributed by atoms with Crippen molar-refractivity contribution >= 4 is 34.3 Å². The summed E-state index contributed by atoms with van der Waals surface area (Å²) in [5.41, 5.74) is 0. The molecule has 4 heteroatoms. The van der Waals surface area contributed by atoms with Gasteiger partial charge in [0.1, 0.15) is 0 Å². The van der Waals surface area contributed by atoms with Crippen LogP contribution in [0.1, 0.15) is 0 Å². The Balaban J connectivity index is 0. The van der Waals surface area contributed by atoms with Crippen molar-refractivity contribution in [3.63, 3.8) is 0 Å². The third-order valence-electron chi connectivity index (χ3n) is 0.206. The molecule has 0 aromatic heterocycles. The lowest BCUT2D eigenvalue weighted by Crippen LogP contribution is -1.83. The number of rotatable bonds is 1. The molecule has 0 spiro atoms. The van der Waals surface area contributed by atoms with Crippen molar-refractivity contribution in [2.24, 2.45) is 0 Å². The molecule has 0 saturated carbocycles. The van der Waals surface area contributed by atoms with E-state index in [4.69, 9.17) is 5.11 Å². The number of hydrogen-bond donors (Lipinski definition) is 1. The van der Waals surface area contributed by atoms with Crippen LogP contribution in [0.3, 0.4) is 0 Å². The quantitative estimate of drug-likeness (QED) is 0.630. The Kier molecular flexibility index (Phi) is 8.60. The number of aliphatic carboxylic acids is 1. The van der Waals surface area contributed by atoms with Crippen molar-refractivity contribution in [2.45, 2.75) is 0 Å². The van der Waals surface area contributed by atoms with Crippen molar-refractivity contribution < 1.29 is 9.90 Å². The van der Waals surface area contributed by atoms with Crippen LogP contribution in [-0.2, 0) is 4.79 Å². The first-order valence-corrected chi connectivity index (χ1v) is 2.18. The molecule has 0 aromatic rings. The lowest BCUT2D eigenvalue weighted by molar-refractivity contribution is -0.131. The van der Waals surface area contributed by atoms with Gasteiger partial charge in [0, 0.05) is 6.08 Å². The van der Waals surface area contributed by atoms with Crippen molar-refractivity contribution in [1.29, 1.82) is 0 Å². The van der Waals surface area contributed by atoms with Crippen molar-refractivity contribution in [3.05, 3.63) is 11.1 Å². The first-order chi connectivity index (χ1) is 2.77. The van der Waals surface area contributed by atoms with Crippen LogP contribution in [0.5, 0.6) is 0 Å². The Bertz CT molecular complexity index is 81.0. The van der Waals surface area contributed by atoms with E-state index in [-0.39, 0.29) is 12.4 Å². The fourth-order valence-electron chi connectivity index (χ4n) is 0.0539. The number of carboxylic acids is 1. The number of carboxylic acid groups (broad SMARTS) is 1. The SMILES string of the molecule is Cl.O=C(O)C=CBr. The molecule has 0 saturated heterocycles. The third-order valence-corrected chi connectivity index (χ3v) is 0.470. The van der Waals surface area contributed by atoms with E-state index >= 15 is 0 Å². The topological polar surface area (TPSA) is 37.3 Å². The molecule has 1 N–H and O–H groups in total. The average molecular weight is 187 g/mol. The maximum absolute atomic E-state index is 9.48. The van der Waals surface area contributed by atoms with E-state index < -0.39 is 5.97 Å². The zero-order valence-corrected chi connectivity index (χ0v) is 5.70. The minimum Gasteiger partial charge on any atom is -0.478 e. The van der Waals surface area contributed by atoms with Gasteiger partial charge in [0.25, 0.3) is 0 Å². The Morgan fingerprint density at radius 3 is 2.14 bits per heavy atom. The van der Waals surface area contributed by atoms with E-state index in [1.807, 2.05) is 0 Å². The van der Waals surface area contributed by atoms with Gasteiger partial charge in [0.05, 0.1) is 0 Å². The van der Waals surface area contributed by atoms with Gasteiger partial charge in [-0.2, -0.15) is 0 Å². The molecule has 0 radical (unpaired) electrons. The normalized spacial score (nSPS) is 8.14. The van der Waals surface area contributed by atoms with E-state index in [9.17, 15) is 4.79 Å². The van der Waals surface area contributed by atoms with Gasteiger partial charge in [0.15, 0.2) is 0 Å². The third kappa shape index (κ3) is 10.7. The first kappa shape index (κ1) is 10.1. The van der Waals surface area contributed by atoms with Crippen LogP contribution in [0.2, 0.25) is 0 Å². The molecule has 0 aliphatic heterocycles. The highest BCUT2D eigenvalue weighted by atomic mass is 79.9. The summed E-state index contributed by atoms with van der Waals surface area (Å²) in [6.07, 6.45) is 1.00. The summed E-state index contributed by atoms with van der Waals surface area (Å²) < 4.78 is 0. The van der Waals surface area contributed by atoms with Gasteiger partial charge in [0.2, 0.25) is 0 Å². The minimum absolute atomic E-state index is 0. The molecule has 0 aliphatic rings. The molecule has 0 fully saturated rings. The summed E-state index contributed by atoms with van der Waals surface area (Å²) in [4.78, 5) is 10.8. The smallest absolute Gasteiger partial charge is 0.328 e. The highest BCUT2D eigenvalue weighted by Gasteiger charge is 1.77. The van der Waals surface area contributed by atoms with E-state index in [2.05, 4.69) is 15.9 Å². The lowest BCUT2D eigenvalue weighted by Gasteiger charge is -1.67. The zero-order chi connectivity index (χ0) is 4.99. The second-order valence-corrected chi connectivity index (χ2v) is 1.16. The summed E-state index contributed by atoms with van der Waals surface area (Å²) in [5, 5.41) is 7.80. The number of halogens is 2. The van der Waals surface area contributed by atoms with E-state index in [0.29, 0.717) is 0 Å². The van der Waals surface area contributed by atoms with Crippen molar-refractivity contribution in [3.8, 4) is 0 Å². The van der Waals surface area contributed by atoms with Crippen LogP contribution in [0.25, 0.3) is 0 Å².